The molecule has 0 bridgehead atoms. The van der Waals surface area contributed by atoms with Crippen LogP contribution < -0.4 is 20.1 Å². The Morgan fingerprint density at radius 1 is 0.879 bits per heavy atom. The summed E-state index contributed by atoms with van der Waals surface area (Å²) in [7, 11) is 0. The second kappa shape index (κ2) is 7.81. The molecule has 0 amide bonds. The first-order chi connectivity index (χ1) is 16.2. The van der Waals surface area contributed by atoms with Gasteiger partial charge in [0, 0.05) is 23.2 Å². The summed E-state index contributed by atoms with van der Waals surface area (Å²) in [5.74, 6) is 1.18. The van der Waals surface area contributed by atoms with E-state index in [0.717, 1.165) is 22.6 Å². The summed E-state index contributed by atoms with van der Waals surface area (Å²) in [6, 6.07) is 20.3. The Kier molecular flexibility index (Phi) is 4.64. The van der Waals surface area contributed by atoms with Gasteiger partial charge in [-0.15, -0.1) is 0 Å². The summed E-state index contributed by atoms with van der Waals surface area (Å²) < 4.78 is 11.0. The molecule has 6 nitrogen and oxygen atoms in total. The van der Waals surface area contributed by atoms with E-state index in [0.29, 0.717) is 35.5 Å². The Hall–Kier alpha value is -4.06. The van der Waals surface area contributed by atoms with E-state index in [4.69, 9.17) is 9.47 Å². The highest BCUT2D eigenvalue weighted by atomic mass is 16.7. The molecule has 6 heteroatoms. The smallest absolute Gasteiger partial charge is 0.231 e. The summed E-state index contributed by atoms with van der Waals surface area (Å²) >= 11 is 0. The third-order valence-corrected chi connectivity index (χ3v) is 6.43. The fourth-order valence-electron chi connectivity index (χ4n) is 4.78. The van der Waals surface area contributed by atoms with Crippen molar-refractivity contribution in [2.75, 3.05) is 17.4 Å². The number of fused-ring (bicyclic) bond motifs is 3. The molecule has 3 aromatic carbocycles. The van der Waals surface area contributed by atoms with Crippen molar-refractivity contribution in [2.24, 2.45) is 5.92 Å². The zero-order chi connectivity index (χ0) is 22.4. The van der Waals surface area contributed by atoms with E-state index in [2.05, 4.69) is 16.7 Å². The number of benzene rings is 3. The lowest BCUT2D eigenvalue weighted by atomic mass is 9.82. The Morgan fingerprint density at radius 3 is 2.61 bits per heavy atom. The largest absolute Gasteiger partial charge is 0.454 e. The number of Topliss-reactive ketones (excluding diaryl/α,β-unsaturated/α-hetero) is 1. The highest BCUT2D eigenvalue weighted by molar-refractivity contribution is 6.10. The molecule has 3 aliphatic rings. The topological polar surface area (TPSA) is 76.7 Å². The summed E-state index contributed by atoms with van der Waals surface area (Å²) in [5.41, 5.74) is 4.67. The molecule has 0 saturated carbocycles. The van der Waals surface area contributed by atoms with Crippen LogP contribution >= 0.6 is 0 Å². The van der Waals surface area contributed by atoms with Crippen molar-refractivity contribution in [3.63, 3.8) is 0 Å². The minimum absolute atomic E-state index is 0.0398. The first kappa shape index (κ1) is 19.6. The molecular weight excluding hydrogens is 416 g/mol. The zero-order valence-electron chi connectivity index (χ0n) is 17.8. The van der Waals surface area contributed by atoms with E-state index in [-0.39, 0.29) is 30.3 Å². The average Bonchev–Trinajstić information content (AvgIpc) is 3.25. The molecule has 164 valence electrons. The van der Waals surface area contributed by atoms with Crippen LogP contribution in [-0.2, 0) is 4.79 Å². The molecule has 2 heterocycles. The predicted octanol–water partition coefficient (Wildman–Crippen LogP) is 5.09. The highest BCUT2D eigenvalue weighted by Crippen LogP contribution is 2.44. The van der Waals surface area contributed by atoms with E-state index in [1.165, 1.54) is 0 Å². The number of nitrogens with one attached hydrogen (secondary N) is 2. The van der Waals surface area contributed by atoms with Crippen LogP contribution in [0.5, 0.6) is 11.5 Å². The van der Waals surface area contributed by atoms with Crippen LogP contribution in [0, 0.1) is 5.92 Å². The number of ether oxygens (including phenoxy) is 2. The van der Waals surface area contributed by atoms with Crippen LogP contribution in [0.15, 0.2) is 78.5 Å². The maximum atomic E-state index is 13.1. The van der Waals surface area contributed by atoms with Gasteiger partial charge in [-0.05, 0) is 42.3 Å². The average molecular weight is 438 g/mol. The number of anilines is 2. The minimum Gasteiger partial charge on any atom is -0.454 e. The van der Waals surface area contributed by atoms with Crippen LogP contribution in [0.2, 0.25) is 0 Å². The van der Waals surface area contributed by atoms with E-state index in [1.54, 1.807) is 0 Å². The lowest BCUT2D eigenvalue weighted by Crippen LogP contribution is -2.31. The van der Waals surface area contributed by atoms with Gasteiger partial charge in [0.1, 0.15) is 5.78 Å². The first-order valence-electron chi connectivity index (χ1n) is 11.1. The summed E-state index contributed by atoms with van der Waals surface area (Å²) in [4.78, 5) is 26.1. The van der Waals surface area contributed by atoms with Crippen molar-refractivity contribution in [1.82, 2.24) is 0 Å². The first-order valence-corrected chi connectivity index (χ1v) is 11.1. The van der Waals surface area contributed by atoms with Gasteiger partial charge in [-0.25, -0.2) is 0 Å². The minimum atomic E-state index is -0.361. The lowest BCUT2D eigenvalue weighted by Gasteiger charge is -2.29. The number of hydrogen-bond acceptors (Lipinski definition) is 6. The summed E-state index contributed by atoms with van der Waals surface area (Å²) in [5, 5.41) is 7.03. The molecule has 3 aromatic rings. The standard InChI is InChI=1S/C27H22N2O4/c30-22-8-4-7-20-25(22)26(17-10-12-23-24(14-17)33-15-32-23)29-19-11-9-18(13-21(19)28-20)27(31)16-5-2-1-3-6-16/h1-3,5-7,9-14,25-26,28-29H,4,8,15H2/t25-,26-/m0/s1. The van der Waals surface area contributed by atoms with Gasteiger partial charge in [-0.1, -0.05) is 42.5 Å². The van der Waals surface area contributed by atoms with Crippen molar-refractivity contribution in [3.05, 3.63) is 95.2 Å². The van der Waals surface area contributed by atoms with Gasteiger partial charge in [-0.2, -0.15) is 0 Å². The molecular formula is C27H22N2O4. The van der Waals surface area contributed by atoms with Gasteiger partial charge >= 0.3 is 0 Å². The van der Waals surface area contributed by atoms with Gasteiger partial charge in [-0.3, -0.25) is 9.59 Å². The summed E-state index contributed by atoms with van der Waals surface area (Å²) in [6.45, 7) is 0.201. The van der Waals surface area contributed by atoms with E-state index in [1.807, 2.05) is 66.7 Å². The molecule has 0 unspecified atom stereocenters. The Morgan fingerprint density at radius 2 is 1.73 bits per heavy atom. The van der Waals surface area contributed by atoms with Gasteiger partial charge in [0.25, 0.3) is 0 Å². The van der Waals surface area contributed by atoms with E-state index < -0.39 is 0 Å². The van der Waals surface area contributed by atoms with Gasteiger partial charge < -0.3 is 20.1 Å². The quantitative estimate of drug-likeness (QED) is 0.555. The van der Waals surface area contributed by atoms with Gasteiger partial charge in [0.2, 0.25) is 6.79 Å². The van der Waals surface area contributed by atoms with E-state index >= 15 is 0 Å². The molecule has 0 radical (unpaired) electrons. The van der Waals surface area contributed by atoms with Crippen molar-refractivity contribution in [1.29, 1.82) is 0 Å². The van der Waals surface area contributed by atoms with Gasteiger partial charge in [0.15, 0.2) is 17.3 Å². The molecule has 0 spiro atoms. The van der Waals surface area contributed by atoms with Crippen LogP contribution in [0.3, 0.4) is 0 Å². The second-order valence-corrected chi connectivity index (χ2v) is 8.46. The van der Waals surface area contributed by atoms with Crippen molar-refractivity contribution < 1.29 is 19.1 Å². The fraction of sp³-hybridized carbons (Fsp3) is 0.185. The van der Waals surface area contributed by atoms with Crippen molar-refractivity contribution in [2.45, 2.75) is 18.9 Å². The summed E-state index contributed by atoms with van der Waals surface area (Å²) in [6.07, 6.45) is 3.30. The predicted molar refractivity (Wildman–Crippen MR) is 125 cm³/mol. The van der Waals surface area contributed by atoms with Crippen LogP contribution in [0.1, 0.15) is 40.4 Å². The molecule has 0 fully saturated rings. The third kappa shape index (κ3) is 3.44. The molecule has 2 atom stereocenters. The monoisotopic (exact) mass is 438 g/mol. The second-order valence-electron chi connectivity index (χ2n) is 8.46. The SMILES string of the molecule is O=C(c1ccccc1)c1ccc2c(c1)NC1=CCCC(=O)[C@H]1[C@H](c1ccc3c(c1)OCO3)N2. The Bertz CT molecular complexity index is 1300. The van der Waals surface area contributed by atoms with E-state index in [9.17, 15) is 9.59 Å². The maximum absolute atomic E-state index is 13.1. The molecule has 0 saturated heterocycles. The zero-order valence-corrected chi connectivity index (χ0v) is 17.8. The number of rotatable bonds is 3. The number of carbonyl (C=O) groups is 2. The van der Waals surface area contributed by atoms with Crippen LogP contribution in [0.25, 0.3) is 0 Å². The Balaban J connectivity index is 1.41. The number of ketones is 2. The molecule has 1 aliphatic carbocycles. The van der Waals surface area contributed by atoms with Gasteiger partial charge in [0.05, 0.1) is 23.3 Å². The Labute approximate surface area is 191 Å². The molecule has 6 rings (SSSR count). The van der Waals surface area contributed by atoms with Crippen LogP contribution in [-0.4, -0.2) is 18.4 Å². The molecule has 2 aliphatic heterocycles. The molecule has 2 N–H and O–H groups in total. The number of carbonyl (C=O) groups excluding carboxylic acids is 2. The number of hydrogen-bond donors (Lipinski definition) is 2. The van der Waals surface area contributed by atoms with Crippen molar-refractivity contribution >= 4 is 22.9 Å². The van der Waals surface area contributed by atoms with Crippen molar-refractivity contribution in [3.8, 4) is 11.5 Å². The third-order valence-electron chi connectivity index (χ3n) is 6.43. The van der Waals surface area contributed by atoms with Crippen LogP contribution in [0.4, 0.5) is 11.4 Å². The highest BCUT2D eigenvalue weighted by Gasteiger charge is 2.37. The molecule has 33 heavy (non-hydrogen) atoms. The lowest BCUT2D eigenvalue weighted by molar-refractivity contribution is -0.122. The normalized spacial score (nSPS) is 20.5. The maximum Gasteiger partial charge on any atom is 0.231 e. The number of allylic oxidation sites excluding steroid dienone is 1. The fourth-order valence-corrected chi connectivity index (χ4v) is 4.78. The molecule has 0 aromatic heterocycles.